The summed E-state index contributed by atoms with van der Waals surface area (Å²) in [6.45, 7) is 5.07. The third-order valence-corrected chi connectivity index (χ3v) is 3.17. The molecule has 90 valence electrons. The Morgan fingerprint density at radius 3 is 2.82 bits per heavy atom. The Morgan fingerprint density at radius 1 is 1.35 bits per heavy atom. The van der Waals surface area contributed by atoms with Crippen LogP contribution >= 0.6 is 15.9 Å². The first kappa shape index (κ1) is 12.3. The molecule has 2 rings (SSSR count). The van der Waals surface area contributed by atoms with E-state index in [9.17, 15) is 0 Å². The summed E-state index contributed by atoms with van der Waals surface area (Å²) in [5.41, 5.74) is 3.18. The Kier molecular flexibility index (Phi) is 3.97. The Balaban J connectivity index is 2.16. The topological polar surface area (TPSA) is 40.7 Å². The van der Waals surface area contributed by atoms with Crippen LogP contribution in [0.5, 0.6) is 0 Å². The number of benzene rings is 1. The number of nitrogens with zero attached hydrogens (tertiary/aromatic N) is 1. The normalized spacial score (nSPS) is 11.1. The Hall–Kier alpha value is -1.13. The van der Waals surface area contributed by atoms with Crippen molar-refractivity contribution < 1.29 is 0 Å². The first-order chi connectivity index (χ1) is 8.16. The van der Waals surface area contributed by atoms with Gasteiger partial charge in [-0.2, -0.15) is 5.10 Å². The zero-order valence-electron chi connectivity index (χ0n) is 10.00. The van der Waals surface area contributed by atoms with Crippen LogP contribution in [0.1, 0.15) is 19.5 Å². The fourth-order valence-electron chi connectivity index (χ4n) is 1.57. The van der Waals surface area contributed by atoms with E-state index in [-0.39, 0.29) is 0 Å². The molecule has 0 aliphatic carbocycles. The predicted molar refractivity (Wildman–Crippen MR) is 73.7 cm³/mol. The van der Waals surface area contributed by atoms with Gasteiger partial charge in [0.2, 0.25) is 0 Å². The van der Waals surface area contributed by atoms with Crippen molar-refractivity contribution in [3.05, 3.63) is 40.5 Å². The van der Waals surface area contributed by atoms with Crippen LogP contribution in [0.15, 0.2) is 34.8 Å². The zero-order valence-corrected chi connectivity index (χ0v) is 11.6. The molecule has 0 aliphatic heterocycles. The van der Waals surface area contributed by atoms with Crippen molar-refractivity contribution in [3.63, 3.8) is 0 Å². The summed E-state index contributed by atoms with van der Waals surface area (Å²) >= 11 is 3.53. The van der Waals surface area contributed by atoms with Crippen LogP contribution in [-0.2, 0) is 6.54 Å². The molecule has 0 saturated heterocycles. The fraction of sp³-hybridized carbons (Fsp3) is 0.308. The predicted octanol–water partition coefficient (Wildman–Crippen LogP) is 3.34. The van der Waals surface area contributed by atoms with Crippen molar-refractivity contribution in [1.82, 2.24) is 15.5 Å². The van der Waals surface area contributed by atoms with Crippen LogP contribution in [0.2, 0.25) is 0 Å². The molecule has 0 spiro atoms. The van der Waals surface area contributed by atoms with E-state index in [0.29, 0.717) is 6.04 Å². The highest BCUT2D eigenvalue weighted by atomic mass is 79.9. The van der Waals surface area contributed by atoms with E-state index in [1.165, 1.54) is 0 Å². The smallest absolute Gasteiger partial charge is 0.0935 e. The molecular formula is C13H16BrN3. The molecule has 17 heavy (non-hydrogen) atoms. The van der Waals surface area contributed by atoms with Gasteiger partial charge in [0.15, 0.2) is 0 Å². The summed E-state index contributed by atoms with van der Waals surface area (Å²) in [7, 11) is 0. The van der Waals surface area contributed by atoms with Gasteiger partial charge in [0, 0.05) is 28.3 Å². The Bertz CT molecular complexity index is 491. The second-order valence-corrected chi connectivity index (χ2v) is 5.15. The second kappa shape index (κ2) is 5.47. The molecule has 0 fully saturated rings. The zero-order chi connectivity index (χ0) is 12.3. The van der Waals surface area contributed by atoms with Crippen molar-refractivity contribution in [2.75, 3.05) is 0 Å². The van der Waals surface area contributed by atoms with Gasteiger partial charge < -0.3 is 5.32 Å². The lowest BCUT2D eigenvalue weighted by Gasteiger charge is -2.04. The van der Waals surface area contributed by atoms with E-state index in [1.807, 2.05) is 18.2 Å². The van der Waals surface area contributed by atoms with E-state index in [4.69, 9.17) is 0 Å². The lowest BCUT2D eigenvalue weighted by Crippen LogP contribution is -2.21. The molecular weight excluding hydrogens is 278 g/mol. The van der Waals surface area contributed by atoms with Crippen LogP contribution in [0.25, 0.3) is 11.3 Å². The maximum Gasteiger partial charge on any atom is 0.0935 e. The third kappa shape index (κ3) is 3.17. The molecule has 1 aromatic heterocycles. The van der Waals surface area contributed by atoms with Crippen molar-refractivity contribution in [2.45, 2.75) is 26.4 Å². The second-order valence-electron chi connectivity index (χ2n) is 4.29. The largest absolute Gasteiger partial charge is 0.309 e. The number of halogens is 1. The van der Waals surface area contributed by atoms with Crippen molar-refractivity contribution in [3.8, 4) is 11.3 Å². The van der Waals surface area contributed by atoms with Gasteiger partial charge in [-0.15, -0.1) is 0 Å². The highest BCUT2D eigenvalue weighted by molar-refractivity contribution is 9.10. The minimum absolute atomic E-state index is 0.477. The van der Waals surface area contributed by atoms with Gasteiger partial charge in [-0.05, 0) is 12.1 Å². The maximum atomic E-state index is 4.33. The minimum Gasteiger partial charge on any atom is -0.309 e. The molecule has 1 aromatic carbocycles. The Morgan fingerprint density at radius 2 is 2.12 bits per heavy atom. The molecule has 2 aromatic rings. The van der Waals surface area contributed by atoms with Crippen LogP contribution < -0.4 is 5.32 Å². The summed E-state index contributed by atoms with van der Waals surface area (Å²) < 4.78 is 1.06. The summed E-state index contributed by atoms with van der Waals surface area (Å²) in [4.78, 5) is 0. The van der Waals surface area contributed by atoms with Gasteiger partial charge in [0.1, 0.15) is 0 Å². The van der Waals surface area contributed by atoms with Gasteiger partial charge in [-0.3, -0.25) is 5.10 Å². The molecule has 0 amide bonds. The first-order valence-corrected chi connectivity index (χ1v) is 6.48. The Labute approximate surface area is 110 Å². The van der Waals surface area contributed by atoms with Gasteiger partial charge >= 0.3 is 0 Å². The van der Waals surface area contributed by atoms with E-state index >= 15 is 0 Å². The van der Waals surface area contributed by atoms with Crippen molar-refractivity contribution in [2.24, 2.45) is 0 Å². The number of hydrogen-bond donors (Lipinski definition) is 2. The summed E-state index contributed by atoms with van der Waals surface area (Å²) in [5, 5.41) is 10.7. The number of hydrogen-bond acceptors (Lipinski definition) is 2. The quantitative estimate of drug-likeness (QED) is 0.908. The number of rotatable bonds is 4. The lowest BCUT2D eigenvalue weighted by atomic mass is 10.1. The highest BCUT2D eigenvalue weighted by Gasteiger charge is 2.06. The van der Waals surface area contributed by atoms with E-state index in [2.05, 4.69) is 57.4 Å². The van der Waals surface area contributed by atoms with Gasteiger partial charge in [-0.25, -0.2) is 0 Å². The maximum absolute atomic E-state index is 4.33. The SMILES string of the molecule is CC(C)NCc1cc(-c2ccccc2Br)n[nH]1. The number of H-pyrrole nitrogens is 1. The van der Waals surface area contributed by atoms with Gasteiger partial charge in [-0.1, -0.05) is 48.0 Å². The molecule has 0 saturated carbocycles. The van der Waals surface area contributed by atoms with Gasteiger partial charge in [0.05, 0.1) is 5.69 Å². The number of nitrogens with one attached hydrogen (secondary N) is 2. The molecule has 3 nitrogen and oxygen atoms in total. The average Bonchev–Trinajstić information content (AvgIpc) is 2.75. The molecule has 2 N–H and O–H groups in total. The molecule has 0 atom stereocenters. The molecule has 1 heterocycles. The lowest BCUT2D eigenvalue weighted by molar-refractivity contribution is 0.580. The third-order valence-electron chi connectivity index (χ3n) is 2.48. The van der Waals surface area contributed by atoms with Crippen molar-refractivity contribution in [1.29, 1.82) is 0 Å². The van der Waals surface area contributed by atoms with Crippen molar-refractivity contribution >= 4 is 15.9 Å². The summed E-state index contributed by atoms with van der Waals surface area (Å²) in [6.07, 6.45) is 0. The van der Waals surface area contributed by atoms with Crippen LogP contribution in [0, 0.1) is 0 Å². The highest BCUT2D eigenvalue weighted by Crippen LogP contribution is 2.26. The molecule has 0 radical (unpaired) electrons. The standard InChI is InChI=1S/C13H16BrN3/c1-9(2)15-8-10-7-13(17-16-10)11-5-3-4-6-12(11)14/h3-7,9,15H,8H2,1-2H3,(H,16,17). The average molecular weight is 294 g/mol. The van der Waals surface area contributed by atoms with Crippen LogP contribution in [0.4, 0.5) is 0 Å². The fourth-order valence-corrected chi connectivity index (χ4v) is 2.06. The number of aromatic amines is 1. The monoisotopic (exact) mass is 293 g/mol. The first-order valence-electron chi connectivity index (χ1n) is 5.69. The minimum atomic E-state index is 0.477. The van der Waals surface area contributed by atoms with Crippen LogP contribution in [-0.4, -0.2) is 16.2 Å². The van der Waals surface area contributed by atoms with Crippen LogP contribution in [0.3, 0.4) is 0 Å². The molecule has 4 heteroatoms. The van der Waals surface area contributed by atoms with E-state index < -0.39 is 0 Å². The van der Waals surface area contributed by atoms with Gasteiger partial charge in [0.25, 0.3) is 0 Å². The molecule has 0 aliphatic rings. The number of aromatic nitrogens is 2. The van der Waals surface area contributed by atoms with E-state index in [1.54, 1.807) is 0 Å². The van der Waals surface area contributed by atoms with E-state index in [0.717, 1.165) is 28.0 Å². The summed E-state index contributed by atoms with van der Waals surface area (Å²) in [6, 6.07) is 10.7. The summed E-state index contributed by atoms with van der Waals surface area (Å²) in [5.74, 6) is 0. The molecule has 0 unspecified atom stereocenters. The molecule has 0 bridgehead atoms.